The zero-order valence-corrected chi connectivity index (χ0v) is 18.9. The van der Waals surface area contributed by atoms with Crippen molar-refractivity contribution in [2.45, 2.75) is 58.0 Å². The first-order valence-electron chi connectivity index (χ1n) is 12.2. The molecule has 4 heteroatoms. The van der Waals surface area contributed by atoms with Gasteiger partial charge in [0.15, 0.2) is 0 Å². The SMILES string of the molecule is Cc1cccc(CC/C=C/[C@@H]2[C@H]3CC(CNCCC(=O)N4CCCC4)=C[C@H]3C[C@H]2O)c1. The fourth-order valence-corrected chi connectivity index (χ4v) is 5.68. The van der Waals surface area contributed by atoms with Gasteiger partial charge in [-0.25, -0.2) is 0 Å². The molecule has 1 aliphatic heterocycles. The quantitative estimate of drug-likeness (QED) is 0.467. The molecule has 1 heterocycles. The van der Waals surface area contributed by atoms with Crippen molar-refractivity contribution in [3.8, 4) is 0 Å². The van der Waals surface area contributed by atoms with E-state index in [1.54, 1.807) is 0 Å². The van der Waals surface area contributed by atoms with Crippen LogP contribution in [0.25, 0.3) is 0 Å². The van der Waals surface area contributed by atoms with E-state index in [2.05, 4.69) is 54.7 Å². The van der Waals surface area contributed by atoms with E-state index in [0.29, 0.717) is 24.2 Å². The first-order chi connectivity index (χ1) is 15.1. The van der Waals surface area contributed by atoms with Gasteiger partial charge in [0.1, 0.15) is 0 Å². The number of aliphatic hydroxyl groups excluding tert-OH is 1. The van der Waals surface area contributed by atoms with Crippen molar-refractivity contribution < 1.29 is 9.90 Å². The summed E-state index contributed by atoms with van der Waals surface area (Å²) in [5.74, 6) is 1.60. The Bertz CT molecular complexity index is 809. The molecule has 0 aromatic heterocycles. The van der Waals surface area contributed by atoms with Crippen LogP contribution < -0.4 is 5.32 Å². The number of carbonyl (C=O) groups is 1. The minimum absolute atomic E-state index is 0.214. The number of carbonyl (C=O) groups excluding carboxylic acids is 1. The number of likely N-dealkylation sites (tertiary alicyclic amines) is 1. The molecule has 0 unspecified atom stereocenters. The Morgan fingerprint density at radius 2 is 2.13 bits per heavy atom. The van der Waals surface area contributed by atoms with E-state index < -0.39 is 0 Å². The molecule has 0 spiro atoms. The Morgan fingerprint density at radius 1 is 1.29 bits per heavy atom. The molecule has 4 rings (SSSR count). The molecule has 1 saturated heterocycles. The van der Waals surface area contributed by atoms with Crippen LogP contribution in [0.2, 0.25) is 0 Å². The van der Waals surface area contributed by atoms with Crippen LogP contribution in [0.3, 0.4) is 0 Å². The number of benzene rings is 1. The molecular formula is C27H38N2O2. The molecule has 0 radical (unpaired) electrons. The van der Waals surface area contributed by atoms with Crippen molar-refractivity contribution in [2.75, 3.05) is 26.2 Å². The van der Waals surface area contributed by atoms with Crippen LogP contribution in [0, 0.1) is 24.7 Å². The number of nitrogens with one attached hydrogen (secondary N) is 1. The molecule has 4 nitrogen and oxygen atoms in total. The number of rotatable bonds is 9. The highest BCUT2D eigenvalue weighted by Crippen LogP contribution is 2.47. The van der Waals surface area contributed by atoms with Gasteiger partial charge in [0.05, 0.1) is 6.10 Å². The Morgan fingerprint density at radius 3 is 2.94 bits per heavy atom. The molecule has 0 bridgehead atoms. The summed E-state index contributed by atoms with van der Waals surface area (Å²) in [5.41, 5.74) is 4.15. The Kier molecular flexibility index (Phi) is 7.62. The summed E-state index contributed by atoms with van der Waals surface area (Å²) in [7, 11) is 0. The van der Waals surface area contributed by atoms with E-state index >= 15 is 0 Å². The number of hydrogen-bond acceptors (Lipinski definition) is 3. The van der Waals surface area contributed by atoms with Crippen LogP contribution in [0.15, 0.2) is 48.1 Å². The second kappa shape index (κ2) is 10.6. The van der Waals surface area contributed by atoms with Gasteiger partial charge < -0.3 is 15.3 Å². The van der Waals surface area contributed by atoms with Crippen LogP contribution in [0.5, 0.6) is 0 Å². The van der Waals surface area contributed by atoms with Crippen LogP contribution >= 0.6 is 0 Å². The average Bonchev–Trinajstić information content (AvgIpc) is 3.46. The number of amides is 1. The lowest BCUT2D eigenvalue weighted by Crippen LogP contribution is -2.31. The number of fused-ring (bicyclic) bond motifs is 1. The first-order valence-corrected chi connectivity index (χ1v) is 12.2. The summed E-state index contributed by atoms with van der Waals surface area (Å²) < 4.78 is 0. The second-order valence-corrected chi connectivity index (χ2v) is 9.71. The second-order valence-electron chi connectivity index (χ2n) is 9.71. The molecule has 31 heavy (non-hydrogen) atoms. The van der Waals surface area contributed by atoms with Crippen LogP contribution in [-0.4, -0.2) is 48.2 Å². The van der Waals surface area contributed by atoms with Crippen molar-refractivity contribution in [1.82, 2.24) is 10.2 Å². The predicted octanol–water partition coefficient (Wildman–Crippen LogP) is 4.03. The van der Waals surface area contributed by atoms with Gasteiger partial charge in [-0.05, 0) is 62.8 Å². The predicted molar refractivity (Wildman–Crippen MR) is 126 cm³/mol. The van der Waals surface area contributed by atoms with Crippen molar-refractivity contribution in [2.24, 2.45) is 17.8 Å². The first kappa shape index (κ1) is 22.3. The molecule has 2 N–H and O–H groups in total. The number of hydrogen-bond donors (Lipinski definition) is 2. The van der Waals surface area contributed by atoms with E-state index in [9.17, 15) is 9.90 Å². The summed E-state index contributed by atoms with van der Waals surface area (Å²) >= 11 is 0. The van der Waals surface area contributed by atoms with Crippen molar-refractivity contribution in [3.05, 3.63) is 59.2 Å². The Labute approximate surface area is 187 Å². The minimum atomic E-state index is -0.214. The highest BCUT2D eigenvalue weighted by Gasteiger charge is 2.43. The van der Waals surface area contributed by atoms with Gasteiger partial charge in [-0.15, -0.1) is 0 Å². The highest BCUT2D eigenvalue weighted by atomic mass is 16.3. The molecule has 1 saturated carbocycles. The van der Waals surface area contributed by atoms with Gasteiger partial charge in [0.2, 0.25) is 5.91 Å². The van der Waals surface area contributed by atoms with Crippen LogP contribution in [0.4, 0.5) is 0 Å². The standard InChI is InChI=1S/C27H38N2O2/c1-20-7-6-9-21(15-20)8-2-3-10-24-25-17-22(16-23(25)18-26(24)30)19-28-12-11-27(31)29-13-4-5-14-29/h3,6-7,9-10,15-16,23-26,28,30H,2,4-5,8,11-14,17-19H2,1H3/b10-3+/t23-,24+,25-,26+/m0/s1. The van der Waals surface area contributed by atoms with Crippen LogP contribution in [0.1, 0.15) is 49.7 Å². The third kappa shape index (κ3) is 5.87. The van der Waals surface area contributed by atoms with Gasteiger partial charge in [-0.2, -0.15) is 0 Å². The van der Waals surface area contributed by atoms with E-state index in [1.807, 2.05) is 4.90 Å². The molecule has 2 aliphatic carbocycles. The van der Waals surface area contributed by atoms with Crippen molar-refractivity contribution >= 4 is 5.91 Å². The number of nitrogens with zero attached hydrogens (tertiary/aromatic N) is 1. The van der Waals surface area contributed by atoms with Gasteiger partial charge in [-0.1, -0.05) is 53.6 Å². The number of allylic oxidation sites excluding steroid dienone is 2. The largest absolute Gasteiger partial charge is 0.392 e. The molecule has 2 fully saturated rings. The van der Waals surface area contributed by atoms with Crippen molar-refractivity contribution in [3.63, 3.8) is 0 Å². The third-order valence-corrected chi connectivity index (χ3v) is 7.32. The lowest BCUT2D eigenvalue weighted by atomic mass is 9.89. The molecule has 1 aromatic rings. The highest BCUT2D eigenvalue weighted by molar-refractivity contribution is 5.76. The molecule has 168 valence electrons. The Hall–Kier alpha value is -1.91. The summed E-state index contributed by atoms with van der Waals surface area (Å²) in [5, 5.41) is 14.1. The van der Waals surface area contributed by atoms with Gasteiger partial charge in [-0.3, -0.25) is 4.79 Å². The van der Waals surface area contributed by atoms with E-state index in [1.165, 1.54) is 16.7 Å². The summed E-state index contributed by atoms with van der Waals surface area (Å²) in [4.78, 5) is 14.1. The number of aryl methyl sites for hydroxylation is 2. The summed E-state index contributed by atoms with van der Waals surface area (Å²) in [6.07, 6.45) is 13.7. The van der Waals surface area contributed by atoms with Crippen LogP contribution in [-0.2, 0) is 11.2 Å². The third-order valence-electron chi connectivity index (χ3n) is 7.32. The smallest absolute Gasteiger partial charge is 0.223 e. The fraction of sp³-hybridized carbons (Fsp3) is 0.593. The number of aliphatic hydroxyl groups is 1. The fourth-order valence-electron chi connectivity index (χ4n) is 5.68. The molecular weight excluding hydrogens is 384 g/mol. The zero-order chi connectivity index (χ0) is 21.6. The minimum Gasteiger partial charge on any atom is -0.392 e. The average molecular weight is 423 g/mol. The normalized spacial score (nSPS) is 27.8. The Balaban J connectivity index is 1.18. The summed E-state index contributed by atoms with van der Waals surface area (Å²) in [6.45, 7) is 5.65. The summed E-state index contributed by atoms with van der Waals surface area (Å²) in [6, 6.07) is 8.72. The molecule has 4 atom stereocenters. The van der Waals surface area contributed by atoms with Crippen molar-refractivity contribution in [1.29, 1.82) is 0 Å². The maximum atomic E-state index is 12.1. The van der Waals surface area contributed by atoms with Gasteiger partial charge >= 0.3 is 0 Å². The van der Waals surface area contributed by atoms with Gasteiger partial charge in [0.25, 0.3) is 0 Å². The molecule has 1 aromatic carbocycles. The monoisotopic (exact) mass is 422 g/mol. The molecule has 3 aliphatic rings. The molecule has 1 amide bonds. The maximum Gasteiger partial charge on any atom is 0.223 e. The van der Waals surface area contributed by atoms with Gasteiger partial charge in [0, 0.05) is 38.5 Å². The van der Waals surface area contributed by atoms with E-state index in [-0.39, 0.29) is 12.0 Å². The van der Waals surface area contributed by atoms with E-state index in [0.717, 1.165) is 64.7 Å². The zero-order valence-electron chi connectivity index (χ0n) is 18.9. The lowest BCUT2D eigenvalue weighted by Gasteiger charge is -2.18. The maximum absolute atomic E-state index is 12.1. The van der Waals surface area contributed by atoms with E-state index in [4.69, 9.17) is 0 Å². The lowest BCUT2D eigenvalue weighted by molar-refractivity contribution is -0.130. The topological polar surface area (TPSA) is 52.6 Å².